The number of fused-ring (bicyclic) bond motifs is 1. The van der Waals surface area contributed by atoms with Crippen molar-refractivity contribution in [1.82, 2.24) is 14.8 Å². The standard InChI is InChI=1S/C21H16F2N4O/c1-12-18-14(21(28)25-19-15(22)9-6-10-16(19)23)11-17(13-7-4-3-5-8-13)24-20(18)27(2)26-12/h3-11H,1-2H3,(H,25,28). The Hall–Kier alpha value is -3.61. The summed E-state index contributed by atoms with van der Waals surface area (Å²) in [6.45, 7) is 1.76. The molecule has 4 aromatic rings. The molecule has 1 amide bonds. The Morgan fingerprint density at radius 2 is 1.71 bits per heavy atom. The highest BCUT2D eigenvalue weighted by atomic mass is 19.1. The van der Waals surface area contributed by atoms with Crippen molar-refractivity contribution in [3.05, 3.63) is 77.5 Å². The Labute approximate surface area is 159 Å². The SMILES string of the molecule is Cc1nn(C)c2nc(-c3ccccc3)cc(C(=O)Nc3c(F)cccc3F)c12. The molecule has 1 N–H and O–H groups in total. The summed E-state index contributed by atoms with van der Waals surface area (Å²) in [7, 11) is 1.73. The predicted octanol–water partition coefficient (Wildman–Crippen LogP) is 4.47. The minimum Gasteiger partial charge on any atom is -0.317 e. The number of para-hydroxylation sites is 1. The van der Waals surface area contributed by atoms with Crippen LogP contribution in [0.3, 0.4) is 0 Å². The van der Waals surface area contributed by atoms with E-state index in [1.807, 2.05) is 30.3 Å². The van der Waals surface area contributed by atoms with Crippen LogP contribution in [-0.4, -0.2) is 20.7 Å². The first-order valence-corrected chi connectivity index (χ1v) is 8.61. The van der Waals surface area contributed by atoms with Crippen LogP contribution in [0.1, 0.15) is 16.1 Å². The number of hydrogen-bond donors (Lipinski definition) is 1. The lowest BCUT2D eigenvalue weighted by molar-refractivity contribution is 0.102. The molecular weight excluding hydrogens is 362 g/mol. The van der Waals surface area contributed by atoms with E-state index in [2.05, 4.69) is 15.4 Å². The molecule has 0 unspecified atom stereocenters. The summed E-state index contributed by atoms with van der Waals surface area (Å²) in [5.74, 6) is -2.32. The number of nitrogens with zero attached hydrogens (tertiary/aromatic N) is 3. The molecule has 0 aliphatic heterocycles. The second-order valence-corrected chi connectivity index (χ2v) is 6.38. The van der Waals surface area contributed by atoms with Gasteiger partial charge in [-0.2, -0.15) is 5.10 Å². The zero-order chi connectivity index (χ0) is 19.8. The normalized spacial score (nSPS) is 11.0. The van der Waals surface area contributed by atoms with Crippen molar-refractivity contribution in [1.29, 1.82) is 0 Å². The van der Waals surface area contributed by atoms with E-state index in [1.165, 1.54) is 6.07 Å². The van der Waals surface area contributed by atoms with Crippen molar-refractivity contribution in [2.24, 2.45) is 7.05 Å². The van der Waals surface area contributed by atoms with Gasteiger partial charge in [-0.25, -0.2) is 13.8 Å². The average molecular weight is 378 g/mol. The van der Waals surface area contributed by atoms with E-state index in [9.17, 15) is 13.6 Å². The summed E-state index contributed by atoms with van der Waals surface area (Å²) in [5, 5.41) is 7.22. The molecule has 0 bridgehead atoms. The number of rotatable bonds is 3. The minimum absolute atomic E-state index is 0.247. The zero-order valence-corrected chi connectivity index (χ0v) is 15.2. The van der Waals surface area contributed by atoms with E-state index >= 15 is 0 Å². The number of halogens is 2. The molecule has 0 saturated heterocycles. The smallest absolute Gasteiger partial charge is 0.256 e. The Morgan fingerprint density at radius 3 is 2.39 bits per heavy atom. The fourth-order valence-electron chi connectivity index (χ4n) is 3.18. The van der Waals surface area contributed by atoms with Crippen molar-refractivity contribution in [2.45, 2.75) is 6.92 Å². The highest BCUT2D eigenvalue weighted by Gasteiger charge is 2.21. The van der Waals surface area contributed by atoms with Crippen LogP contribution in [0.2, 0.25) is 0 Å². The number of nitrogens with one attached hydrogen (secondary N) is 1. The number of amides is 1. The topological polar surface area (TPSA) is 59.8 Å². The number of hydrogen-bond acceptors (Lipinski definition) is 3. The van der Waals surface area contributed by atoms with Crippen molar-refractivity contribution < 1.29 is 13.6 Å². The molecule has 7 heteroatoms. The van der Waals surface area contributed by atoms with Crippen molar-refractivity contribution in [2.75, 3.05) is 5.32 Å². The molecular formula is C21H16F2N4O. The fraction of sp³-hybridized carbons (Fsp3) is 0.0952. The monoisotopic (exact) mass is 378 g/mol. The minimum atomic E-state index is -0.843. The van der Waals surface area contributed by atoms with E-state index in [-0.39, 0.29) is 5.56 Å². The van der Waals surface area contributed by atoms with E-state index in [0.29, 0.717) is 22.4 Å². The molecule has 140 valence electrons. The van der Waals surface area contributed by atoms with Crippen molar-refractivity contribution >= 4 is 22.6 Å². The van der Waals surface area contributed by atoms with Gasteiger partial charge in [0.2, 0.25) is 0 Å². The van der Waals surface area contributed by atoms with Gasteiger partial charge >= 0.3 is 0 Å². The number of pyridine rings is 1. The van der Waals surface area contributed by atoms with Crippen molar-refractivity contribution in [3.8, 4) is 11.3 Å². The van der Waals surface area contributed by atoms with Crippen LogP contribution < -0.4 is 5.32 Å². The van der Waals surface area contributed by atoms with Gasteiger partial charge in [-0.3, -0.25) is 9.48 Å². The third kappa shape index (κ3) is 3.00. The first kappa shape index (κ1) is 17.8. The molecule has 0 aliphatic rings. The first-order valence-electron chi connectivity index (χ1n) is 8.61. The summed E-state index contributed by atoms with van der Waals surface area (Å²) >= 11 is 0. The van der Waals surface area contributed by atoms with Gasteiger partial charge in [-0.1, -0.05) is 36.4 Å². The predicted molar refractivity (Wildman–Crippen MR) is 103 cm³/mol. The third-order valence-electron chi connectivity index (χ3n) is 4.48. The number of carbonyl (C=O) groups is 1. The number of aromatic nitrogens is 3. The van der Waals surface area contributed by atoms with E-state index in [0.717, 1.165) is 17.7 Å². The maximum Gasteiger partial charge on any atom is 0.256 e. The van der Waals surface area contributed by atoms with Crippen LogP contribution in [0.4, 0.5) is 14.5 Å². The van der Waals surface area contributed by atoms with Crippen LogP contribution in [0.25, 0.3) is 22.3 Å². The van der Waals surface area contributed by atoms with Gasteiger partial charge in [-0.15, -0.1) is 0 Å². The number of carbonyl (C=O) groups excluding carboxylic acids is 1. The summed E-state index contributed by atoms with van der Waals surface area (Å²) in [6.07, 6.45) is 0. The van der Waals surface area contributed by atoms with E-state index in [1.54, 1.807) is 24.7 Å². The maximum absolute atomic E-state index is 14.0. The Kier molecular flexibility index (Phi) is 4.35. The van der Waals surface area contributed by atoms with Crippen LogP contribution in [-0.2, 0) is 7.05 Å². The van der Waals surface area contributed by atoms with Gasteiger partial charge in [0.05, 0.1) is 22.3 Å². The molecule has 0 radical (unpaired) electrons. The zero-order valence-electron chi connectivity index (χ0n) is 15.2. The molecule has 0 fully saturated rings. The van der Waals surface area contributed by atoms with Crippen LogP contribution in [0.5, 0.6) is 0 Å². The molecule has 0 atom stereocenters. The molecule has 2 heterocycles. The highest BCUT2D eigenvalue weighted by Crippen LogP contribution is 2.28. The summed E-state index contributed by atoms with van der Waals surface area (Å²) < 4.78 is 29.5. The molecule has 4 rings (SSSR count). The molecule has 2 aromatic carbocycles. The Balaban J connectivity index is 1.88. The average Bonchev–Trinajstić information content (AvgIpc) is 2.98. The lowest BCUT2D eigenvalue weighted by Gasteiger charge is -2.10. The number of aryl methyl sites for hydroxylation is 2. The van der Waals surface area contributed by atoms with Gasteiger partial charge in [0, 0.05) is 12.6 Å². The second-order valence-electron chi connectivity index (χ2n) is 6.38. The van der Waals surface area contributed by atoms with Gasteiger partial charge in [0.25, 0.3) is 5.91 Å². The number of anilines is 1. The third-order valence-corrected chi connectivity index (χ3v) is 4.48. The Bertz CT molecular complexity index is 1180. The second kappa shape index (κ2) is 6.84. The summed E-state index contributed by atoms with van der Waals surface area (Å²) in [6, 6.07) is 14.4. The highest BCUT2D eigenvalue weighted by molar-refractivity contribution is 6.13. The molecule has 28 heavy (non-hydrogen) atoms. The molecule has 0 saturated carbocycles. The Morgan fingerprint density at radius 1 is 1.04 bits per heavy atom. The van der Waals surface area contributed by atoms with Gasteiger partial charge in [0.1, 0.15) is 17.3 Å². The molecule has 0 aliphatic carbocycles. The van der Waals surface area contributed by atoms with Gasteiger partial charge in [0.15, 0.2) is 5.65 Å². The first-order chi connectivity index (χ1) is 13.5. The molecule has 0 spiro atoms. The van der Waals surface area contributed by atoms with E-state index in [4.69, 9.17) is 0 Å². The van der Waals surface area contributed by atoms with E-state index < -0.39 is 23.2 Å². The largest absolute Gasteiger partial charge is 0.317 e. The molecule has 2 aromatic heterocycles. The van der Waals surface area contributed by atoms with Gasteiger partial charge in [-0.05, 0) is 25.1 Å². The lowest BCUT2D eigenvalue weighted by Crippen LogP contribution is -2.15. The van der Waals surface area contributed by atoms with Gasteiger partial charge < -0.3 is 5.32 Å². The van der Waals surface area contributed by atoms with Crippen LogP contribution in [0, 0.1) is 18.6 Å². The quantitative estimate of drug-likeness (QED) is 0.572. The summed E-state index contributed by atoms with van der Waals surface area (Å²) in [5.41, 5.74) is 2.25. The summed E-state index contributed by atoms with van der Waals surface area (Å²) in [4.78, 5) is 17.6. The molecule has 5 nitrogen and oxygen atoms in total. The maximum atomic E-state index is 14.0. The van der Waals surface area contributed by atoms with Crippen LogP contribution >= 0.6 is 0 Å². The lowest BCUT2D eigenvalue weighted by atomic mass is 10.0. The van der Waals surface area contributed by atoms with Crippen molar-refractivity contribution in [3.63, 3.8) is 0 Å². The number of benzene rings is 2. The van der Waals surface area contributed by atoms with Crippen LogP contribution in [0.15, 0.2) is 54.6 Å². The fourth-order valence-corrected chi connectivity index (χ4v) is 3.18.